The van der Waals surface area contributed by atoms with Crippen molar-refractivity contribution in [2.75, 3.05) is 5.32 Å². The van der Waals surface area contributed by atoms with Gasteiger partial charge in [0, 0.05) is 22.7 Å². The van der Waals surface area contributed by atoms with Gasteiger partial charge in [0.25, 0.3) is 0 Å². The number of rotatable bonds is 5. The molecule has 0 fully saturated rings. The molecule has 134 valence electrons. The molecule has 2 heterocycles. The maximum atomic E-state index is 12.6. The fraction of sp³-hybridized carbons (Fsp3) is 0.0952. The van der Waals surface area contributed by atoms with Gasteiger partial charge in [-0.15, -0.1) is 0 Å². The van der Waals surface area contributed by atoms with Crippen molar-refractivity contribution in [1.82, 2.24) is 14.8 Å². The molecule has 0 spiro atoms. The Balaban J connectivity index is 1.49. The molecule has 0 saturated carbocycles. The highest BCUT2D eigenvalue weighted by Gasteiger charge is 2.11. The third-order valence-electron chi connectivity index (χ3n) is 4.30. The van der Waals surface area contributed by atoms with Gasteiger partial charge >= 0.3 is 0 Å². The Morgan fingerprint density at radius 1 is 1.00 bits per heavy atom. The van der Waals surface area contributed by atoms with Crippen LogP contribution in [0.4, 0.5) is 5.82 Å². The minimum atomic E-state index is -0.106. The van der Waals surface area contributed by atoms with E-state index in [1.807, 2.05) is 54.6 Å². The monoisotopic (exact) mass is 376 g/mol. The molecule has 6 heteroatoms. The first-order valence-corrected chi connectivity index (χ1v) is 8.95. The molecule has 2 aromatic carbocycles. The molecular weight excluding hydrogens is 360 g/mol. The average Bonchev–Trinajstić information content (AvgIpc) is 3.10. The van der Waals surface area contributed by atoms with Crippen LogP contribution in [0.1, 0.15) is 11.1 Å². The number of pyridine rings is 1. The van der Waals surface area contributed by atoms with Crippen LogP contribution in [-0.4, -0.2) is 20.7 Å². The number of hydrogen-bond donors (Lipinski definition) is 1. The van der Waals surface area contributed by atoms with E-state index in [1.54, 1.807) is 23.1 Å². The lowest BCUT2D eigenvalue weighted by Crippen LogP contribution is -2.18. The quantitative estimate of drug-likeness (QED) is 0.564. The number of amides is 1. The summed E-state index contributed by atoms with van der Waals surface area (Å²) in [4.78, 5) is 17.0. The Bertz CT molecular complexity index is 1080. The second-order valence-electron chi connectivity index (χ2n) is 6.22. The molecule has 4 aromatic rings. The van der Waals surface area contributed by atoms with Gasteiger partial charge < -0.3 is 5.32 Å². The van der Waals surface area contributed by atoms with E-state index in [4.69, 9.17) is 11.6 Å². The van der Waals surface area contributed by atoms with E-state index >= 15 is 0 Å². The number of carbonyl (C=O) groups excluding carboxylic acids is 1. The Morgan fingerprint density at radius 2 is 1.81 bits per heavy atom. The predicted molar refractivity (Wildman–Crippen MR) is 107 cm³/mol. The first-order valence-electron chi connectivity index (χ1n) is 8.58. The molecule has 1 N–H and O–H groups in total. The van der Waals surface area contributed by atoms with Gasteiger partial charge in [-0.3, -0.25) is 9.78 Å². The summed E-state index contributed by atoms with van der Waals surface area (Å²) in [6.07, 6.45) is 3.66. The van der Waals surface area contributed by atoms with Crippen LogP contribution >= 0.6 is 11.6 Å². The standard InChI is InChI=1S/C21H17ClN4O/c22-18-8-6-15(7-9-18)14-26-19(10-12-24-26)25-20(27)13-17-4-1-3-16-5-2-11-23-21(16)17/h1-12H,13-14H2,(H,25,27). The molecular formula is C21H17ClN4O. The van der Waals surface area contributed by atoms with Crippen molar-refractivity contribution in [2.45, 2.75) is 13.0 Å². The summed E-state index contributed by atoms with van der Waals surface area (Å²) in [5.74, 6) is 0.550. The van der Waals surface area contributed by atoms with E-state index in [-0.39, 0.29) is 12.3 Å². The number of anilines is 1. The van der Waals surface area contributed by atoms with E-state index in [9.17, 15) is 4.79 Å². The smallest absolute Gasteiger partial charge is 0.230 e. The summed E-state index contributed by atoms with van der Waals surface area (Å²) in [5.41, 5.74) is 2.80. The summed E-state index contributed by atoms with van der Waals surface area (Å²) in [7, 11) is 0. The first-order chi connectivity index (χ1) is 13.2. The maximum Gasteiger partial charge on any atom is 0.230 e. The topological polar surface area (TPSA) is 59.8 Å². The Labute approximate surface area is 161 Å². The Kier molecular flexibility index (Phi) is 4.85. The van der Waals surface area contributed by atoms with E-state index in [0.717, 1.165) is 22.0 Å². The summed E-state index contributed by atoms with van der Waals surface area (Å²) >= 11 is 5.93. The van der Waals surface area contributed by atoms with Gasteiger partial charge in [-0.25, -0.2) is 4.68 Å². The minimum absolute atomic E-state index is 0.106. The molecule has 2 aromatic heterocycles. The maximum absolute atomic E-state index is 12.6. The van der Waals surface area contributed by atoms with Gasteiger partial charge in [-0.1, -0.05) is 48.0 Å². The second kappa shape index (κ2) is 7.60. The van der Waals surface area contributed by atoms with Crippen LogP contribution in [0.5, 0.6) is 0 Å². The van der Waals surface area contributed by atoms with Crippen molar-refractivity contribution in [3.8, 4) is 0 Å². The van der Waals surface area contributed by atoms with Gasteiger partial charge in [0.1, 0.15) is 5.82 Å². The Morgan fingerprint density at radius 3 is 2.67 bits per heavy atom. The van der Waals surface area contributed by atoms with Crippen LogP contribution in [0.2, 0.25) is 5.02 Å². The molecule has 4 rings (SSSR count). The number of halogens is 1. The highest BCUT2D eigenvalue weighted by atomic mass is 35.5. The predicted octanol–water partition coefficient (Wildman–Crippen LogP) is 4.31. The fourth-order valence-electron chi connectivity index (χ4n) is 3.00. The number of nitrogens with zero attached hydrogens (tertiary/aromatic N) is 3. The van der Waals surface area contributed by atoms with Crippen molar-refractivity contribution in [1.29, 1.82) is 0 Å². The number of hydrogen-bond acceptors (Lipinski definition) is 3. The van der Waals surface area contributed by atoms with Crippen LogP contribution in [0.15, 0.2) is 73.1 Å². The molecule has 1 amide bonds. The van der Waals surface area contributed by atoms with E-state index in [0.29, 0.717) is 17.4 Å². The first kappa shape index (κ1) is 17.2. The molecule has 0 atom stereocenters. The zero-order valence-corrected chi connectivity index (χ0v) is 15.2. The van der Waals surface area contributed by atoms with Gasteiger partial charge in [0.05, 0.1) is 24.7 Å². The third-order valence-corrected chi connectivity index (χ3v) is 4.55. The van der Waals surface area contributed by atoms with E-state index in [2.05, 4.69) is 15.4 Å². The zero-order valence-electron chi connectivity index (χ0n) is 14.5. The van der Waals surface area contributed by atoms with Crippen LogP contribution < -0.4 is 5.32 Å². The highest BCUT2D eigenvalue weighted by Crippen LogP contribution is 2.18. The second-order valence-corrected chi connectivity index (χ2v) is 6.65. The lowest BCUT2D eigenvalue weighted by molar-refractivity contribution is -0.115. The van der Waals surface area contributed by atoms with Crippen LogP contribution in [0.3, 0.4) is 0 Å². The van der Waals surface area contributed by atoms with Gasteiger partial charge in [0.2, 0.25) is 5.91 Å². The molecule has 0 saturated heterocycles. The van der Waals surface area contributed by atoms with Crippen molar-refractivity contribution in [3.63, 3.8) is 0 Å². The van der Waals surface area contributed by atoms with E-state index in [1.165, 1.54) is 0 Å². The largest absolute Gasteiger partial charge is 0.311 e. The van der Waals surface area contributed by atoms with Crippen molar-refractivity contribution in [3.05, 3.63) is 89.2 Å². The van der Waals surface area contributed by atoms with Gasteiger partial charge in [-0.2, -0.15) is 5.10 Å². The number of benzene rings is 2. The Hall–Kier alpha value is -3.18. The third kappa shape index (κ3) is 3.99. The number of fused-ring (bicyclic) bond motifs is 1. The van der Waals surface area contributed by atoms with Crippen molar-refractivity contribution < 1.29 is 4.79 Å². The molecule has 0 aliphatic rings. The van der Waals surface area contributed by atoms with E-state index < -0.39 is 0 Å². The van der Waals surface area contributed by atoms with Crippen LogP contribution in [0.25, 0.3) is 10.9 Å². The van der Waals surface area contributed by atoms with Crippen molar-refractivity contribution >= 4 is 34.2 Å². The summed E-state index contributed by atoms with van der Waals surface area (Å²) in [6, 6.07) is 19.1. The summed E-state index contributed by atoms with van der Waals surface area (Å²) in [6.45, 7) is 0.551. The summed E-state index contributed by atoms with van der Waals surface area (Å²) in [5, 5.41) is 8.96. The zero-order chi connectivity index (χ0) is 18.6. The molecule has 5 nitrogen and oxygen atoms in total. The van der Waals surface area contributed by atoms with Gasteiger partial charge in [0.15, 0.2) is 0 Å². The molecule has 0 radical (unpaired) electrons. The molecule has 0 aliphatic carbocycles. The fourth-order valence-corrected chi connectivity index (χ4v) is 3.12. The molecule has 0 bridgehead atoms. The van der Waals surface area contributed by atoms with Crippen LogP contribution in [-0.2, 0) is 17.8 Å². The minimum Gasteiger partial charge on any atom is -0.311 e. The summed E-state index contributed by atoms with van der Waals surface area (Å²) < 4.78 is 1.75. The van der Waals surface area contributed by atoms with Crippen LogP contribution in [0, 0.1) is 0 Å². The normalized spacial score (nSPS) is 10.9. The lowest BCUT2D eigenvalue weighted by Gasteiger charge is -2.10. The average molecular weight is 377 g/mol. The lowest BCUT2D eigenvalue weighted by atomic mass is 10.1. The number of nitrogens with one attached hydrogen (secondary N) is 1. The molecule has 27 heavy (non-hydrogen) atoms. The van der Waals surface area contributed by atoms with Gasteiger partial charge in [-0.05, 0) is 29.3 Å². The number of para-hydroxylation sites is 1. The molecule has 0 aliphatic heterocycles. The molecule has 0 unspecified atom stereocenters. The highest BCUT2D eigenvalue weighted by molar-refractivity contribution is 6.30. The number of aromatic nitrogens is 3. The number of carbonyl (C=O) groups is 1. The van der Waals surface area contributed by atoms with Crippen molar-refractivity contribution in [2.24, 2.45) is 0 Å². The SMILES string of the molecule is O=C(Cc1cccc2cccnc12)Nc1ccnn1Cc1ccc(Cl)cc1.